The molecule has 84 valence electrons. The van der Waals surface area contributed by atoms with Gasteiger partial charge in [-0.3, -0.25) is 9.48 Å². The summed E-state index contributed by atoms with van der Waals surface area (Å²) in [4.78, 5) is 11.4. The van der Waals surface area contributed by atoms with Crippen molar-refractivity contribution in [1.82, 2.24) is 15.1 Å². The third kappa shape index (κ3) is 3.06. The van der Waals surface area contributed by atoms with E-state index in [2.05, 4.69) is 10.4 Å². The summed E-state index contributed by atoms with van der Waals surface area (Å²) in [6, 6.07) is 1.57. The van der Waals surface area contributed by atoms with Crippen molar-refractivity contribution >= 4 is 5.97 Å². The van der Waals surface area contributed by atoms with Gasteiger partial charge in [-0.15, -0.1) is 0 Å². The van der Waals surface area contributed by atoms with Crippen LogP contribution in [-0.2, 0) is 16.1 Å². The van der Waals surface area contributed by atoms with Crippen molar-refractivity contribution in [3.8, 4) is 0 Å². The van der Waals surface area contributed by atoms with E-state index in [4.69, 9.17) is 4.74 Å². The average Bonchev–Trinajstić information content (AvgIpc) is 2.63. The van der Waals surface area contributed by atoms with Gasteiger partial charge in [-0.2, -0.15) is 5.10 Å². The van der Waals surface area contributed by atoms with Crippen LogP contribution in [0.3, 0.4) is 0 Å². The quantitative estimate of drug-likeness (QED) is 0.714. The lowest BCUT2D eigenvalue weighted by Crippen LogP contribution is -2.41. The van der Waals surface area contributed by atoms with Crippen LogP contribution in [0.25, 0.3) is 0 Å². The van der Waals surface area contributed by atoms with Gasteiger partial charge >= 0.3 is 5.97 Å². The van der Waals surface area contributed by atoms with Gasteiger partial charge in [0.2, 0.25) is 0 Å². The Morgan fingerprint density at radius 3 is 2.93 bits per heavy atom. The number of hydrogen-bond donors (Lipinski definition) is 1. The maximum absolute atomic E-state index is 11.4. The van der Waals surface area contributed by atoms with Gasteiger partial charge in [-0.05, 0) is 19.5 Å². The number of likely N-dealkylation sites (N-methyl/N-ethyl adjacent to an activating group) is 1. The van der Waals surface area contributed by atoms with Crippen LogP contribution in [0.5, 0.6) is 0 Å². The van der Waals surface area contributed by atoms with Gasteiger partial charge in [0.05, 0.1) is 13.7 Å². The van der Waals surface area contributed by atoms with E-state index in [1.807, 2.05) is 19.9 Å². The number of carbonyl (C=O) groups excluding carboxylic acids is 1. The van der Waals surface area contributed by atoms with Crippen LogP contribution < -0.4 is 5.32 Å². The number of carbonyl (C=O) groups is 1. The highest BCUT2D eigenvalue weighted by molar-refractivity contribution is 5.75. The summed E-state index contributed by atoms with van der Waals surface area (Å²) in [5, 5.41) is 7.19. The molecule has 0 fully saturated rings. The van der Waals surface area contributed by atoms with Crippen LogP contribution in [0, 0.1) is 6.92 Å². The van der Waals surface area contributed by atoms with E-state index in [9.17, 15) is 4.79 Å². The number of nitrogens with one attached hydrogen (secondary N) is 1. The highest BCUT2D eigenvalue weighted by atomic mass is 16.5. The molecule has 0 aliphatic rings. The first-order chi connectivity index (χ1) is 7.19. The average molecular weight is 211 g/mol. The zero-order chi connectivity index (χ0) is 11.3. The minimum Gasteiger partial charge on any atom is -0.468 e. The molecule has 0 aliphatic heterocycles. The van der Waals surface area contributed by atoms with Crippen molar-refractivity contribution < 1.29 is 9.53 Å². The van der Waals surface area contributed by atoms with E-state index < -0.39 is 0 Å². The minimum atomic E-state index is -0.335. The summed E-state index contributed by atoms with van der Waals surface area (Å²) >= 11 is 0. The molecule has 5 heteroatoms. The van der Waals surface area contributed by atoms with Crippen molar-refractivity contribution in [2.45, 2.75) is 26.4 Å². The second-order valence-corrected chi connectivity index (χ2v) is 3.29. The molecule has 0 aliphatic carbocycles. The molecule has 0 radical (unpaired) electrons. The molecule has 1 unspecified atom stereocenters. The van der Waals surface area contributed by atoms with Crippen LogP contribution in [0.2, 0.25) is 0 Å². The fraction of sp³-hybridized carbons (Fsp3) is 0.600. The maximum atomic E-state index is 11.4. The fourth-order valence-electron chi connectivity index (χ4n) is 1.37. The minimum absolute atomic E-state index is 0.258. The van der Waals surface area contributed by atoms with Crippen molar-refractivity contribution in [3.63, 3.8) is 0 Å². The molecular weight excluding hydrogens is 194 g/mol. The number of rotatable bonds is 5. The molecule has 1 N–H and O–H groups in total. The third-order valence-electron chi connectivity index (χ3n) is 2.22. The summed E-state index contributed by atoms with van der Waals surface area (Å²) < 4.78 is 6.49. The lowest BCUT2D eigenvalue weighted by atomic mass is 10.3. The largest absolute Gasteiger partial charge is 0.468 e. The Labute approximate surface area is 89.4 Å². The second-order valence-electron chi connectivity index (χ2n) is 3.29. The molecule has 1 heterocycles. The first-order valence-corrected chi connectivity index (χ1v) is 4.98. The first kappa shape index (κ1) is 11.7. The number of nitrogens with zero attached hydrogens (tertiary/aromatic N) is 2. The first-order valence-electron chi connectivity index (χ1n) is 4.98. The maximum Gasteiger partial charge on any atom is 0.324 e. The topological polar surface area (TPSA) is 56.2 Å². The lowest BCUT2D eigenvalue weighted by Gasteiger charge is -2.16. The zero-order valence-electron chi connectivity index (χ0n) is 9.36. The lowest BCUT2D eigenvalue weighted by molar-refractivity contribution is -0.143. The van der Waals surface area contributed by atoms with Crippen molar-refractivity contribution in [2.75, 3.05) is 13.7 Å². The zero-order valence-corrected chi connectivity index (χ0v) is 9.36. The summed E-state index contributed by atoms with van der Waals surface area (Å²) in [6.45, 7) is 5.12. The highest BCUT2D eigenvalue weighted by Gasteiger charge is 2.18. The summed E-state index contributed by atoms with van der Waals surface area (Å²) in [6.07, 6.45) is 1.72. The van der Waals surface area contributed by atoms with Crippen LogP contribution in [-0.4, -0.2) is 35.4 Å². The number of methoxy groups -OCH3 is 1. The van der Waals surface area contributed by atoms with Gasteiger partial charge in [-0.1, -0.05) is 6.92 Å². The van der Waals surface area contributed by atoms with Gasteiger partial charge in [0.1, 0.15) is 6.04 Å². The van der Waals surface area contributed by atoms with Gasteiger partial charge in [-0.25, -0.2) is 0 Å². The fourth-order valence-corrected chi connectivity index (χ4v) is 1.37. The number of aryl methyl sites for hydroxylation is 1. The van der Waals surface area contributed by atoms with Gasteiger partial charge < -0.3 is 10.1 Å². The summed E-state index contributed by atoms with van der Waals surface area (Å²) in [7, 11) is 1.39. The van der Waals surface area contributed by atoms with E-state index in [1.54, 1.807) is 10.9 Å². The third-order valence-corrected chi connectivity index (χ3v) is 2.22. The van der Waals surface area contributed by atoms with Crippen molar-refractivity contribution in [1.29, 1.82) is 0 Å². The van der Waals surface area contributed by atoms with Gasteiger partial charge in [0, 0.05) is 11.9 Å². The van der Waals surface area contributed by atoms with Crippen LogP contribution >= 0.6 is 0 Å². The molecule has 1 atom stereocenters. The van der Waals surface area contributed by atoms with E-state index in [1.165, 1.54) is 7.11 Å². The number of ether oxygens (including phenoxy) is 1. The van der Waals surface area contributed by atoms with Crippen molar-refractivity contribution in [3.05, 3.63) is 18.0 Å². The Kier molecular flexibility index (Phi) is 4.30. The molecule has 5 nitrogen and oxygen atoms in total. The van der Waals surface area contributed by atoms with E-state index in [-0.39, 0.29) is 12.0 Å². The van der Waals surface area contributed by atoms with E-state index in [0.29, 0.717) is 6.54 Å². The molecule has 0 saturated heterocycles. The Morgan fingerprint density at radius 1 is 1.73 bits per heavy atom. The second kappa shape index (κ2) is 5.50. The van der Waals surface area contributed by atoms with Crippen molar-refractivity contribution in [2.24, 2.45) is 0 Å². The predicted molar refractivity (Wildman–Crippen MR) is 56.4 cm³/mol. The molecule has 0 bridgehead atoms. The Hall–Kier alpha value is -1.36. The predicted octanol–water partition coefficient (Wildman–Crippen LogP) is 0.343. The van der Waals surface area contributed by atoms with Crippen LogP contribution in [0.15, 0.2) is 12.3 Å². The molecule has 1 aromatic rings. The van der Waals surface area contributed by atoms with Crippen LogP contribution in [0.1, 0.15) is 12.6 Å². The molecule has 1 aromatic heterocycles. The smallest absolute Gasteiger partial charge is 0.324 e. The monoisotopic (exact) mass is 211 g/mol. The summed E-state index contributed by atoms with van der Waals surface area (Å²) in [5.41, 5.74) is 1.03. The molecule has 0 amide bonds. The SMILES string of the molecule is CCNC(Cn1nccc1C)C(=O)OC. The normalized spacial score (nSPS) is 12.5. The summed E-state index contributed by atoms with van der Waals surface area (Å²) in [5.74, 6) is -0.258. The van der Waals surface area contributed by atoms with Gasteiger partial charge in [0.25, 0.3) is 0 Å². The number of aromatic nitrogens is 2. The molecule has 1 rings (SSSR count). The Morgan fingerprint density at radius 2 is 2.47 bits per heavy atom. The number of esters is 1. The molecular formula is C10H17N3O2. The Bertz CT molecular complexity index is 322. The highest BCUT2D eigenvalue weighted by Crippen LogP contribution is 1.99. The molecule has 0 spiro atoms. The molecule has 0 aromatic carbocycles. The molecule has 0 saturated carbocycles. The number of hydrogen-bond acceptors (Lipinski definition) is 4. The van der Waals surface area contributed by atoms with E-state index >= 15 is 0 Å². The molecule has 15 heavy (non-hydrogen) atoms. The van der Waals surface area contributed by atoms with Gasteiger partial charge in [0.15, 0.2) is 0 Å². The van der Waals surface area contributed by atoms with Crippen LogP contribution in [0.4, 0.5) is 0 Å². The standard InChI is InChI=1S/C10H17N3O2/c1-4-11-9(10(14)15-3)7-13-8(2)5-6-12-13/h5-6,9,11H,4,7H2,1-3H3. The Balaban J connectivity index is 2.66. The van der Waals surface area contributed by atoms with E-state index in [0.717, 1.165) is 12.2 Å².